The van der Waals surface area contributed by atoms with Crippen molar-refractivity contribution in [2.45, 2.75) is 13.2 Å². The maximum absolute atomic E-state index is 13.3. The first kappa shape index (κ1) is 21.3. The van der Waals surface area contributed by atoms with E-state index in [4.69, 9.17) is 9.47 Å². The first-order valence-electron chi connectivity index (χ1n) is 10.2. The van der Waals surface area contributed by atoms with Crippen LogP contribution in [0.15, 0.2) is 67.3 Å². The molecule has 11 heteroatoms. The van der Waals surface area contributed by atoms with Crippen LogP contribution in [0.4, 0.5) is 20.2 Å². The summed E-state index contributed by atoms with van der Waals surface area (Å²) in [4.78, 5) is 16.2. The van der Waals surface area contributed by atoms with E-state index in [2.05, 4.69) is 20.5 Å². The third-order valence-corrected chi connectivity index (χ3v) is 5.15. The van der Waals surface area contributed by atoms with Gasteiger partial charge in [-0.15, -0.1) is 0 Å². The molecule has 0 fully saturated rings. The minimum absolute atomic E-state index is 0.0435. The van der Waals surface area contributed by atoms with E-state index in [1.807, 2.05) is 18.2 Å². The monoisotopic (exact) mass is 464 g/mol. The van der Waals surface area contributed by atoms with E-state index in [1.54, 1.807) is 47.5 Å². The molecule has 0 amide bonds. The molecule has 0 aliphatic carbocycles. The SMILES string of the molecule is COC(=O)Cn1cc(Nc2cnn3cccnc23)c(-c2cc3ccccc3cc2OC(F)F)n1. The fraction of sp³-hybridized carbons (Fsp3) is 0.130. The van der Waals surface area contributed by atoms with Crippen LogP contribution >= 0.6 is 0 Å². The number of alkyl halides is 2. The van der Waals surface area contributed by atoms with Crippen molar-refractivity contribution in [3.05, 3.63) is 67.3 Å². The average molecular weight is 464 g/mol. The smallest absolute Gasteiger partial charge is 0.387 e. The molecule has 172 valence electrons. The fourth-order valence-corrected chi connectivity index (χ4v) is 3.65. The van der Waals surface area contributed by atoms with Gasteiger partial charge in [-0.3, -0.25) is 9.48 Å². The number of anilines is 2. The molecular formula is C23H18F2N6O3. The van der Waals surface area contributed by atoms with Crippen molar-refractivity contribution in [2.24, 2.45) is 0 Å². The highest BCUT2D eigenvalue weighted by molar-refractivity contribution is 5.93. The summed E-state index contributed by atoms with van der Waals surface area (Å²) >= 11 is 0. The van der Waals surface area contributed by atoms with Crippen molar-refractivity contribution in [2.75, 3.05) is 12.4 Å². The Balaban J connectivity index is 1.66. The second-order valence-electron chi connectivity index (χ2n) is 7.31. The van der Waals surface area contributed by atoms with Crippen LogP contribution in [-0.4, -0.2) is 44.1 Å². The number of hydrogen-bond acceptors (Lipinski definition) is 7. The Morgan fingerprint density at radius 3 is 2.71 bits per heavy atom. The number of carbonyl (C=O) groups excluding carboxylic acids is 1. The van der Waals surface area contributed by atoms with E-state index in [0.717, 1.165) is 10.8 Å². The van der Waals surface area contributed by atoms with Crippen LogP contribution in [0.3, 0.4) is 0 Å². The minimum atomic E-state index is -3.03. The summed E-state index contributed by atoms with van der Waals surface area (Å²) in [5.74, 6) is -0.557. The highest BCUT2D eigenvalue weighted by atomic mass is 19.3. The van der Waals surface area contributed by atoms with Gasteiger partial charge < -0.3 is 14.8 Å². The highest BCUT2D eigenvalue weighted by Gasteiger charge is 2.21. The molecular weight excluding hydrogens is 446 g/mol. The van der Waals surface area contributed by atoms with Crippen molar-refractivity contribution in [1.82, 2.24) is 24.4 Å². The van der Waals surface area contributed by atoms with Gasteiger partial charge in [-0.1, -0.05) is 24.3 Å². The zero-order valence-electron chi connectivity index (χ0n) is 17.9. The lowest BCUT2D eigenvalue weighted by Gasteiger charge is -2.13. The maximum Gasteiger partial charge on any atom is 0.387 e. The van der Waals surface area contributed by atoms with Gasteiger partial charge in [0.1, 0.15) is 23.7 Å². The van der Waals surface area contributed by atoms with E-state index in [1.165, 1.54) is 17.9 Å². The summed E-state index contributed by atoms with van der Waals surface area (Å²) in [5, 5.41) is 13.5. The van der Waals surface area contributed by atoms with Crippen LogP contribution in [0.1, 0.15) is 0 Å². The van der Waals surface area contributed by atoms with Crippen LogP contribution in [-0.2, 0) is 16.1 Å². The Bertz CT molecular complexity index is 1500. The Labute approximate surface area is 191 Å². The van der Waals surface area contributed by atoms with E-state index in [9.17, 15) is 13.6 Å². The van der Waals surface area contributed by atoms with Crippen LogP contribution in [0, 0.1) is 0 Å². The zero-order valence-corrected chi connectivity index (χ0v) is 17.9. The molecule has 0 aliphatic heterocycles. The number of nitrogens with one attached hydrogen (secondary N) is 1. The number of rotatable bonds is 7. The quantitative estimate of drug-likeness (QED) is 0.360. The summed E-state index contributed by atoms with van der Waals surface area (Å²) in [6.45, 7) is -3.20. The lowest BCUT2D eigenvalue weighted by molar-refractivity contribution is -0.141. The van der Waals surface area contributed by atoms with E-state index >= 15 is 0 Å². The highest BCUT2D eigenvalue weighted by Crippen LogP contribution is 2.39. The van der Waals surface area contributed by atoms with Crippen LogP contribution in [0.25, 0.3) is 27.7 Å². The molecule has 0 atom stereocenters. The van der Waals surface area contributed by atoms with Gasteiger partial charge in [-0.05, 0) is 29.0 Å². The standard InChI is InChI=1S/C23H18F2N6O3/c1-33-20(32)13-30-12-18(28-17-11-27-31-8-4-7-26-22(17)31)21(29-30)16-9-14-5-2-3-6-15(14)10-19(16)34-23(24)25/h2-12,23,28H,13H2,1H3. The Morgan fingerprint density at radius 1 is 1.15 bits per heavy atom. The van der Waals surface area contributed by atoms with E-state index in [-0.39, 0.29) is 12.3 Å². The molecule has 0 spiro atoms. The van der Waals surface area contributed by atoms with Gasteiger partial charge in [0, 0.05) is 24.2 Å². The summed E-state index contributed by atoms with van der Waals surface area (Å²) < 4.78 is 39.1. The number of hydrogen-bond donors (Lipinski definition) is 1. The molecule has 0 aliphatic rings. The lowest BCUT2D eigenvalue weighted by Crippen LogP contribution is -2.11. The molecule has 5 rings (SSSR count). The van der Waals surface area contributed by atoms with Crippen LogP contribution in [0.2, 0.25) is 0 Å². The normalized spacial score (nSPS) is 11.3. The maximum atomic E-state index is 13.3. The van der Waals surface area contributed by atoms with Gasteiger partial charge in [0.05, 0.1) is 19.0 Å². The Hall–Kier alpha value is -4.54. The number of nitrogens with zero attached hydrogens (tertiary/aromatic N) is 5. The summed E-state index contributed by atoms with van der Waals surface area (Å²) in [7, 11) is 1.27. The van der Waals surface area contributed by atoms with Crippen LogP contribution in [0.5, 0.6) is 5.75 Å². The molecule has 3 heterocycles. The second kappa shape index (κ2) is 8.77. The van der Waals surface area contributed by atoms with Crippen molar-refractivity contribution in [3.63, 3.8) is 0 Å². The van der Waals surface area contributed by atoms with E-state index in [0.29, 0.717) is 28.3 Å². The lowest BCUT2D eigenvalue weighted by atomic mass is 10.0. The van der Waals surface area contributed by atoms with Gasteiger partial charge in [0.15, 0.2) is 5.65 Å². The van der Waals surface area contributed by atoms with Gasteiger partial charge in [0.25, 0.3) is 0 Å². The number of fused-ring (bicyclic) bond motifs is 2. The molecule has 0 radical (unpaired) electrons. The number of benzene rings is 2. The molecule has 5 aromatic rings. The van der Waals surface area contributed by atoms with Crippen molar-refractivity contribution >= 4 is 33.8 Å². The van der Waals surface area contributed by atoms with Gasteiger partial charge in [0.2, 0.25) is 0 Å². The second-order valence-corrected chi connectivity index (χ2v) is 7.31. The number of halogens is 2. The zero-order chi connectivity index (χ0) is 23.7. The molecule has 34 heavy (non-hydrogen) atoms. The van der Waals surface area contributed by atoms with Gasteiger partial charge in [-0.2, -0.15) is 19.0 Å². The number of aromatic nitrogens is 5. The number of methoxy groups -OCH3 is 1. The summed E-state index contributed by atoms with van der Waals surface area (Å²) in [5.41, 5.74) is 2.20. The molecule has 9 nitrogen and oxygen atoms in total. The third kappa shape index (κ3) is 4.10. The number of ether oxygens (including phenoxy) is 2. The molecule has 0 saturated heterocycles. The van der Waals surface area contributed by atoms with Crippen molar-refractivity contribution in [3.8, 4) is 17.0 Å². The van der Waals surface area contributed by atoms with Gasteiger partial charge >= 0.3 is 12.6 Å². The summed E-state index contributed by atoms with van der Waals surface area (Å²) in [6, 6.07) is 12.3. The third-order valence-electron chi connectivity index (χ3n) is 5.15. The first-order chi connectivity index (χ1) is 16.5. The van der Waals surface area contributed by atoms with Crippen molar-refractivity contribution < 1.29 is 23.0 Å². The number of esters is 1. The molecule has 2 aromatic carbocycles. The number of carbonyl (C=O) groups is 1. The Kier molecular flexibility index (Phi) is 5.50. The largest absolute Gasteiger partial charge is 0.468 e. The molecule has 3 aromatic heterocycles. The van der Waals surface area contributed by atoms with Gasteiger partial charge in [-0.25, -0.2) is 9.50 Å². The first-order valence-corrected chi connectivity index (χ1v) is 10.2. The molecule has 0 saturated carbocycles. The Morgan fingerprint density at radius 2 is 1.94 bits per heavy atom. The summed E-state index contributed by atoms with van der Waals surface area (Å²) in [6.07, 6.45) is 6.54. The predicted molar refractivity (Wildman–Crippen MR) is 120 cm³/mol. The average Bonchev–Trinajstić information content (AvgIpc) is 3.42. The predicted octanol–water partition coefficient (Wildman–Crippen LogP) is 4.26. The molecule has 1 N–H and O–H groups in total. The fourth-order valence-electron chi connectivity index (χ4n) is 3.65. The molecule has 0 unspecified atom stereocenters. The molecule has 0 bridgehead atoms. The van der Waals surface area contributed by atoms with Crippen molar-refractivity contribution in [1.29, 1.82) is 0 Å². The topological polar surface area (TPSA) is 95.6 Å². The minimum Gasteiger partial charge on any atom is -0.468 e. The van der Waals surface area contributed by atoms with Crippen LogP contribution < -0.4 is 10.1 Å². The van der Waals surface area contributed by atoms with E-state index < -0.39 is 12.6 Å².